The van der Waals surface area contributed by atoms with Gasteiger partial charge in [0.2, 0.25) is 0 Å². The van der Waals surface area contributed by atoms with Crippen molar-refractivity contribution in [1.82, 2.24) is 15.4 Å². The first-order chi connectivity index (χ1) is 8.79. The summed E-state index contributed by atoms with van der Waals surface area (Å²) in [6, 6.07) is 5.98. The fourth-order valence-corrected chi connectivity index (χ4v) is 2.02. The van der Waals surface area contributed by atoms with E-state index in [1.165, 1.54) is 0 Å². The molecule has 1 unspecified atom stereocenters. The average Bonchev–Trinajstić information content (AvgIpc) is 2.41. The van der Waals surface area contributed by atoms with Crippen LogP contribution in [0.3, 0.4) is 0 Å². The van der Waals surface area contributed by atoms with Gasteiger partial charge in [0.25, 0.3) is 0 Å². The highest BCUT2D eigenvalue weighted by atomic mass is 35.5. The summed E-state index contributed by atoms with van der Waals surface area (Å²) >= 11 is 6.08. The lowest BCUT2D eigenvalue weighted by molar-refractivity contribution is 0.522. The summed E-state index contributed by atoms with van der Waals surface area (Å²) in [5, 5.41) is 0.670. The molecule has 2 rings (SSSR count). The minimum atomic E-state index is 0.120. The molecule has 0 aromatic carbocycles. The average molecular weight is 263 g/mol. The first-order valence-electron chi connectivity index (χ1n) is 5.73. The van der Waals surface area contributed by atoms with Gasteiger partial charge in [0.15, 0.2) is 0 Å². The van der Waals surface area contributed by atoms with E-state index in [-0.39, 0.29) is 6.04 Å². The van der Waals surface area contributed by atoms with Crippen molar-refractivity contribution in [3.8, 4) is 0 Å². The summed E-state index contributed by atoms with van der Waals surface area (Å²) in [5.41, 5.74) is 5.00. The third-order valence-corrected chi connectivity index (χ3v) is 3.10. The van der Waals surface area contributed by atoms with Crippen molar-refractivity contribution in [3.05, 3.63) is 59.1 Å². The van der Waals surface area contributed by atoms with E-state index in [9.17, 15) is 0 Å². The van der Waals surface area contributed by atoms with Crippen molar-refractivity contribution in [1.29, 1.82) is 0 Å². The largest absolute Gasteiger partial charge is 0.271 e. The Balaban J connectivity index is 2.04. The zero-order valence-electron chi connectivity index (χ0n) is 9.88. The lowest BCUT2D eigenvalue weighted by Crippen LogP contribution is -2.38. The molecule has 0 amide bonds. The molecule has 4 nitrogen and oxygen atoms in total. The van der Waals surface area contributed by atoms with Crippen molar-refractivity contribution in [2.45, 2.75) is 18.9 Å². The molecule has 0 aliphatic carbocycles. The van der Waals surface area contributed by atoms with Gasteiger partial charge in [-0.25, -0.2) is 0 Å². The van der Waals surface area contributed by atoms with Crippen molar-refractivity contribution in [2.24, 2.45) is 5.84 Å². The highest BCUT2D eigenvalue weighted by molar-refractivity contribution is 6.31. The topological polar surface area (TPSA) is 63.8 Å². The van der Waals surface area contributed by atoms with Gasteiger partial charge in [-0.2, -0.15) is 0 Å². The maximum absolute atomic E-state index is 6.08. The van der Waals surface area contributed by atoms with E-state index in [0.717, 1.165) is 24.0 Å². The summed E-state index contributed by atoms with van der Waals surface area (Å²) in [5.74, 6) is 5.59. The molecule has 0 saturated carbocycles. The third kappa shape index (κ3) is 3.50. The zero-order valence-corrected chi connectivity index (χ0v) is 10.6. The van der Waals surface area contributed by atoms with E-state index in [1.807, 2.05) is 24.4 Å². The molecule has 2 aromatic rings. The van der Waals surface area contributed by atoms with Crippen LogP contribution < -0.4 is 11.3 Å². The van der Waals surface area contributed by atoms with E-state index in [4.69, 9.17) is 17.4 Å². The van der Waals surface area contributed by atoms with Crippen LogP contribution in [0.5, 0.6) is 0 Å². The van der Waals surface area contributed by atoms with Crippen LogP contribution in [0.1, 0.15) is 11.1 Å². The predicted octanol–water partition coefficient (Wildman–Crippen LogP) is 1.75. The highest BCUT2D eigenvalue weighted by Gasteiger charge is 2.11. The standard InChI is InChI=1S/C13H15ClN4/c14-13-9-17-5-3-11(13)7-12(18-15)6-10-2-1-4-16-8-10/h1-5,8-9,12,18H,6-7,15H2. The maximum atomic E-state index is 6.08. The molecule has 0 saturated heterocycles. The molecule has 2 heterocycles. The van der Waals surface area contributed by atoms with Gasteiger partial charge in [-0.15, -0.1) is 0 Å². The lowest BCUT2D eigenvalue weighted by Gasteiger charge is -2.16. The molecular weight excluding hydrogens is 248 g/mol. The number of hydrogen-bond donors (Lipinski definition) is 2. The second-order valence-electron chi connectivity index (χ2n) is 4.10. The molecule has 0 spiro atoms. The maximum Gasteiger partial charge on any atom is 0.0621 e. The second-order valence-corrected chi connectivity index (χ2v) is 4.51. The fraction of sp³-hybridized carbons (Fsp3) is 0.231. The predicted molar refractivity (Wildman–Crippen MR) is 72.0 cm³/mol. The number of nitrogens with two attached hydrogens (primary N) is 1. The number of pyridine rings is 2. The van der Waals surface area contributed by atoms with Crippen LogP contribution in [0, 0.1) is 0 Å². The molecule has 18 heavy (non-hydrogen) atoms. The Bertz CT molecular complexity index is 489. The molecule has 5 heteroatoms. The summed E-state index contributed by atoms with van der Waals surface area (Å²) < 4.78 is 0. The summed E-state index contributed by atoms with van der Waals surface area (Å²) in [6.45, 7) is 0. The van der Waals surface area contributed by atoms with Crippen LogP contribution in [0.4, 0.5) is 0 Å². The van der Waals surface area contributed by atoms with Crippen LogP contribution >= 0.6 is 11.6 Å². The SMILES string of the molecule is NNC(Cc1cccnc1)Cc1ccncc1Cl. The van der Waals surface area contributed by atoms with Gasteiger partial charge in [0.1, 0.15) is 0 Å². The Labute approximate surface area is 111 Å². The Morgan fingerprint density at radius 1 is 1.17 bits per heavy atom. The lowest BCUT2D eigenvalue weighted by atomic mass is 10.0. The van der Waals surface area contributed by atoms with Gasteiger partial charge in [-0.1, -0.05) is 17.7 Å². The molecular formula is C13H15ClN4. The number of nitrogens with one attached hydrogen (secondary N) is 1. The number of halogens is 1. The van der Waals surface area contributed by atoms with Crippen molar-refractivity contribution in [2.75, 3.05) is 0 Å². The van der Waals surface area contributed by atoms with Crippen LogP contribution in [-0.2, 0) is 12.8 Å². The Kier molecular flexibility index (Phi) is 4.64. The van der Waals surface area contributed by atoms with Gasteiger partial charge in [-0.3, -0.25) is 21.2 Å². The first-order valence-corrected chi connectivity index (χ1v) is 6.11. The minimum Gasteiger partial charge on any atom is -0.271 e. The number of aromatic nitrogens is 2. The summed E-state index contributed by atoms with van der Waals surface area (Å²) in [7, 11) is 0. The number of hydrogen-bond acceptors (Lipinski definition) is 4. The van der Waals surface area contributed by atoms with E-state index in [1.54, 1.807) is 18.6 Å². The van der Waals surface area contributed by atoms with Crippen LogP contribution in [0.25, 0.3) is 0 Å². The smallest absolute Gasteiger partial charge is 0.0621 e. The minimum absolute atomic E-state index is 0.120. The van der Waals surface area contributed by atoms with Crippen LogP contribution in [-0.4, -0.2) is 16.0 Å². The van der Waals surface area contributed by atoms with Gasteiger partial charge >= 0.3 is 0 Å². The van der Waals surface area contributed by atoms with Crippen LogP contribution in [0.2, 0.25) is 5.02 Å². The van der Waals surface area contributed by atoms with Crippen molar-refractivity contribution < 1.29 is 0 Å². The normalized spacial score (nSPS) is 12.3. The quantitative estimate of drug-likeness (QED) is 0.637. The van der Waals surface area contributed by atoms with E-state index < -0.39 is 0 Å². The molecule has 0 bridgehead atoms. The van der Waals surface area contributed by atoms with Gasteiger partial charge in [0.05, 0.1) is 5.02 Å². The highest BCUT2D eigenvalue weighted by Crippen LogP contribution is 2.16. The molecule has 2 aromatic heterocycles. The van der Waals surface area contributed by atoms with E-state index in [0.29, 0.717) is 5.02 Å². The van der Waals surface area contributed by atoms with E-state index >= 15 is 0 Å². The monoisotopic (exact) mass is 262 g/mol. The first kappa shape index (κ1) is 13.0. The van der Waals surface area contributed by atoms with Crippen molar-refractivity contribution >= 4 is 11.6 Å². The van der Waals surface area contributed by atoms with Gasteiger partial charge < -0.3 is 0 Å². The zero-order chi connectivity index (χ0) is 12.8. The van der Waals surface area contributed by atoms with Crippen LogP contribution in [0.15, 0.2) is 43.0 Å². The molecule has 1 atom stereocenters. The van der Waals surface area contributed by atoms with Gasteiger partial charge in [0, 0.05) is 30.8 Å². The Morgan fingerprint density at radius 3 is 2.67 bits per heavy atom. The second kappa shape index (κ2) is 6.44. The molecule has 0 radical (unpaired) electrons. The molecule has 0 aliphatic heterocycles. The molecule has 3 N–H and O–H groups in total. The Hall–Kier alpha value is -1.49. The summed E-state index contributed by atoms with van der Waals surface area (Å²) in [6.07, 6.45) is 8.55. The number of rotatable bonds is 5. The molecule has 94 valence electrons. The van der Waals surface area contributed by atoms with Gasteiger partial charge in [-0.05, 0) is 36.1 Å². The number of hydrazine groups is 1. The summed E-state index contributed by atoms with van der Waals surface area (Å²) in [4.78, 5) is 8.06. The fourth-order valence-electron chi connectivity index (χ4n) is 1.83. The van der Waals surface area contributed by atoms with Crippen molar-refractivity contribution in [3.63, 3.8) is 0 Å². The molecule has 0 aliphatic rings. The third-order valence-electron chi connectivity index (χ3n) is 2.76. The number of nitrogens with zero attached hydrogens (tertiary/aromatic N) is 2. The van der Waals surface area contributed by atoms with E-state index in [2.05, 4.69) is 15.4 Å². The Morgan fingerprint density at radius 2 is 2.00 bits per heavy atom. The molecule has 0 fully saturated rings.